The molecule has 6 heteroatoms. The van der Waals surface area contributed by atoms with Gasteiger partial charge in [-0.1, -0.05) is 12.1 Å². The fraction of sp³-hybridized carbons (Fsp3) is 0.333. The summed E-state index contributed by atoms with van der Waals surface area (Å²) >= 11 is 1.54. The molecule has 24 heavy (non-hydrogen) atoms. The molecule has 3 rings (SSSR count). The molecule has 0 bridgehead atoms. The summed E-state index contributed by atoms with van der Waals surface area (Å²) in [6.07, 6.45) is 4.91. The number of hydrogen-bond donors (Lipinski definition) is 1. The lowest BCUT2D eigenvalue weighted by Crippen LogP contribution is -2.35. The second-order valence-corrected chi connectivity index (χ2v) is 6.78. The lowest BCUT2D eigenvalue weighted by molar-refractivity contribution is -0.118. The highest BCUT2D eigenvalue weighted by Crippen LogP contribution is 2.27. The van der Waals surface area contributed by atoms with Gasteiger partial charge in [-0.15, -0.1) is 11.3 Å². The molecule has 1 N–H and O–H groups in total. The smallest absolute Gasteiger partial charge is 0.244 e. The molecule has 0 radical (unpaired) electrons. The van der Waals surface area contributed by atoms with Crippen molar-refractivity contribution in [1.29, 1.82) is 0 Å². The summed E-state index contributed by atoms with van der Waals surface area (Å²) in [6, 6.07) is 5.89. The van der Waals surface area contributed by atoms with Crippen LogP contribution in [0.5, 0.6) is 0 Å². The Morgan fingerprint density at radius 2 is 2.25 bits per heavy atom. The molecule has 2 heterocycles. The number of carbonyl (C=O) groups is 1. The molecule has 2 unspecified atom stereocenters. The summed E-state index contributed by atoms with van der Waals surface area (Å²) in [5, 5.41) is 5.83. The molecule has 1 fully saturated rings. The van der Waals surface area contributed by atoms with E-state index in [1.807, 2.05) is 12.3 Å². The molecule has 0 aliphatic carbocycles. The van der Waals surface area contributed by atoms with E-state index in [9.17, 15) is 9.18 Å². The van der Waals surface area contributed by atoms with Crippen molar-refractivity contribution in [2.75, 3.05) is 6.61 Å². The number of nitrogens with one attached hydrogen (secondary N) is 1. The van der Waals surface area contributed by atoms with Crippen molar-refractivity contribution in [2.24, 2.45) is 0 Å². The number of aromatic nitrogens is 1. The van der Waals surface area contributed by atoms with Crippen LogP contribution in [0.1, 0.15) is 35.1 Å². The molecule has 1 aliphatic heterocycles. The van der Waals surface area contributed by atoms with E-state index in [1.54, 1.807) is 18.2 Å². The minimum Gasteiger partial charge on any atom is -0.376 e. The van der Waals surface area contributed by atoms with E-state index in [0.29, 0.717) is 6.61 Å². The van der Waals surface area contributed by atoms with Crippen molar-refractivity contribution < 1.29 is 13.9 Å². The number of nitrogens with zero attached hydrogens (tertiary/aromatic N) is 1. The van der Waals surface area contributed by atoms with Gasteiger partial charge >= 0.3 is 0 Å². The quantitative estimate of drug-likeness (QED) is 0.841. The monoisotopic (exact) mass is 346 g/mol. The number of amides is 1. The van der Waals surface area contributed by atoms with Crippen LogP contribution in [0.2, 0.25) is 0 Å². The molecule has 2 aromatic rings. The minimum absolute atomic E-state index is 0.0886. The van der Waals surface area contributed by atoms with E-state index in [2.05, 4.69) is 10.3 Å². The van der Waals surface area contributed by atoms with Crippen molar-refractivity contribution >= 4 is 23.3 Å². The average molecular weight is 346 g/mol. The molecule has 0 saturated carbocycles. The Morgan fingerprint density at radius 3 is 2.88 bits per heavy atom. The molecule has 0 spiro atoms. The Hall–Kier alpha value is -2.05. The molecular formula is C18H19FN2O2S. The molecular weight excluding hydrogens is 327 g/mol. The fourth-order valence-electron chi connectivity index (χ4n) is 2.75. The van der Waals surface area contributed by atoms with E-state index < -0.39 is 0 Å². The summed E-state index contributed by atoms with van der Waals surface area (Å²) < 4.78 is 18.9. The SMILES string of the molecule is Cc1nc(/C=C/C(=O)NC(c2ccc(F)cc2)C2CCCO2)cs1. The van der Waals surface area contributed by atoms with E-state index in [4.69, 9.17) is 4.74 Å². The lowest BCUT2D eigenvalue weighted by atomic mass is 9.99. The third-order valence-electron chi connectivity index (χ3n) is 3.91. The first-order valence-electron chi connectivity index (χ1n) is 7.89. The maximum absolute atomic E-state index is 13.2. The summed E-state index contributed by atoms with van der Waals surface area (Å²) in [7, 11) is 0. The normalized spacial score (nSPS) is 18.8. The first-order chi connectivity index (χ1) is 11.6. The molecule has 4 nitrogen and oxygen atoms in total. The highest BCUT2D eigenvalue weighted by molar-refractivity contribution is 7.09. The first kappa shape index (κ1) is 16.8. The average Bonchev–Trinajstić information content (AvgIpc) is 3.23. The Bertz CT molecular complexity index is 721. The van der Waals surface area contributed by atoms with E-state index in [0.717, 1.165) is 29.1 Å². The number of aryl methyl sites for hydroxylation is 1. The van der Waals surface area contributed by atoms with Crippen molar-refractivity contribution in [2.45, 2.75) is 31.9 Å². The maximum atomic E-state index is 13.2. The number of rotatable bonds is 5. The molecule has 1 aliphatic rings. The topological polar surface area (TPSA) is 51.2 Å². The van der Waals surface area contributed by atoms with Crippen LogP contribution >= 0.6 is 11.3 Å². The standard InChI is InChI=1S/C18H19FN2O2S/c1-12-20-15(11-24-12)8-9-17(22)21-18(16-3-2-10-23-16)13-4-6-14(19)7-5-13/h4-9,11,16,18H,2-3,10H2,1H3,(H,21,22)/b9-8+. The maximum Gasteiger partial charge on any atom is 0.244 e. The van der Waals surface area contributed by atoms with Crippen LogP contribution < -0.4 is 5.32 Å². The van der Waals surface area contributed by atoms with Gasteiger partial charge in [0.2, 0.25) is 5.91 Å². The van der Waals surface area contributed by atoms with Crippen molar-refractivity contribution in [3.8, 4) is 0 Å². The third kappa shape index (κ3) is 4.27. The van der Waals surface area contributed by atoms with Gasteiger partial charge in [0.1, 0.15) is 5.82 Å². The number of ether oxygens (including phenoxy) is 1. The van der Waals surface area contributed by atoms with Gasteiger partial charge < -0.3 is 10.1 Å². The molecule has 1 aromatic carbocycles. The largest absolute Gasteiger partial charge is 0.376 e. The van der Waals surface area contributed by atoms with Gasteiger partial charge in [0, 0.05) is 18.1 Å². The summed E-state index contributed by atoms with van der Waals surface area (Å²) in [5.74, 6) is -0.513. The zero-order valence-electron chi connectivity index (χ0n) is 13.4. The molecule has 2 atom stereocenters. The predicted octanol–water partition coefficient (Wildman–Crippen LogP) is 3.64. The van der Waals surface area contributed by atoms with Crippen LogP contribution in [-0.4, -0.2) is 23.6 Å². The van der Waals surface area contributed by atoms with Gasteiger partial charge in [-0.05, 0) is 43.5 Å². The Labute approximate surface area is 144 Å². The van der Waals surface area contributed by atoms with Gasteiger partial charge in [-0.3, -0.25) is 4.79 Å². The van der Waals surface area contributed by atoms with Gasteiger partial charge in [0.15, 0.2) is 0 Å². The van der Waals surface area contributed by atoms with Crippen LogP contribution in [0.3, 0.4) is 0 Å². The van der Waals surface area contributed by atoms with Crippen molar-refractivity contribution in [3.63, 3.8) is 0 Å². The van der Waals surface area contributed by atoms with Crippen LogP contribution in [0, 0.1) is 12.7 Å². The van der Waals surface area contributed by atoms with Crippen LogP contribution in [0.15, 0.2) is 35.7 Å². The van der Waals surface area contributed by atoms with E-state index >= 15 is 0 Å². The Kier molecular flexibility index (Phi) is 5.37. The minimum atomic E-state index is -0.296. The zero-order chi connectivity index (χ0) is 16.9. The van der Waals surface area contributed by atoms with Gasteiger partial charge in [-0.25, -0.2) is 9.37 Å². The number of thiazole rings is 1. The Balaban J connectivity index is 1.72. The van der Waals surface area contributed by atoms with E-state index in [-0.39, 0.29) is 23.9 Å². The second-order valence-electron chi connectivity index (χ2n) is 5.71. The number of halogens is 1. The van der Waals surface area contributed by atoms with E-state index in [1.165, 1.54) is 29.5 Å². The second kappa shape index (κ2) is 7.68. The summed E-state index contributed by atoms with van der Waals surface area (Å²) in [4.78, 5) is 16.6. The van der Waals surface area contributed by atoms with Crippen LogP contribution in [0.25, 0.3) is 6.08 Å². The lowest BCUT2D eigenvalue weighted by Gasteiger charge is -2.24. The van der Waals surface area contributed by atoms with Crippen LogP contribution in [0.4, 0.5) is 4.39 Å². The van der Waals surface area contributed by atoms with Gasteiger partial charge in [0.05, 0.1) is 22.8 Å². The van der Waals surface area contributed by atoms with Crippen molar-refractivity contribution in [3.05, 3.63) is 57.8 Å². The molecule has 1 aromatic heterocycles. The highest BCUT2D eigenvalue weighted by atomic mass is 32.1. The third-order valence-corrected chi connectivity index (χ3v) is 4.70. The molecule has 1 saturated heterocycles. The van der Waals surface area contributed by atoms with Crippen molar-refractivity contribution in [1.82, 2.24) is 10.3 Å². The fourth-order valence-corrected chi connectivity index (χ4v) is 3.33. The first-order valence-corrected chi connectivity index (χ1v) is 8.77. The zero-order valence-corrected chi connectivity index (χ0v) is 14.2. The Morgan fingerprint density at radius 1 is 1.46 bits per heavy atom. The highest BCUT2D eigenvalue weighted by Gasteiger charge is 2.28. The summed E-state index contributed by atoms with van der Waals surface area (Å²) in [6.45, 7) is 2.61. The number of benzene rings is 1. The summed E-state index contributed by atoms with van der Waals surface area (Å²) in [5.41, 5.74) is 1.61. The van der Waals surface area contributed by atoms with Gasteiger partial charge in [0.25, 0.3) is 0 Å². The number of carbonyl (C=O) groups excluding carboxylic acids is 1. The molecule has 1 amide bonds. The van der Waals surface area contributed by atoms with Crippen LogP contribution in [-0.2, 0) is 9.53 Å². The molecule has 126 valence electrons. The predicted molar refractivity (Wildman–Crippen MR) is 92.1 cm³/mol. The van der Waals surface area contributed by atoms with Gasteiger partial charge in [-0.2, -0.15) is 0 Å². The number of hydrogen-bond acceptors (Lipinski definition) is 4.